The molecule has 0 aromatic heterocycles. The number of hydrogen-bond donors (Lipinski definition) is 3. The van der Waals surface area contributed by atoms with Gasteiger partial charge in [0.25, 0.3) is 0 Å². The van der Waals surface area contributed by atoms with Crippen LogP contribution in [0.2, 0.25) is 0 Å². The Bertz CT molecular complexity index is 2580. The van der Waals surface area contributed by atoms with E-state index in [9.17, 15) is 33.9 Å². The normalized spacial score (nSPS) is 25.5. The van der Waals surface area contributed by atoms with Gasteiger partial charge in [-0.15, -0.1) is 0 Å². The number of ketones is 2. The number of ether oxygens (including phenoxy) is 4. The summed E-state index contributed by atoms with van der Waals surface area (Å²) in [4.78, 5) is 86.4. The second-order valence-electron chi connectivity index (χ2n) is 32.6. The van der Waals surface area contributed by atoms with E-state index in [-0.39, 0.29) is 140 Å². The maximum absolute atomic E-state index is 12.6. The number of carbonyl (C=O) groups excluding carboxylic acids is 6. The van der Waals surface area contributed by atoms with Gasteiger partial charge in [0.05, 0.1) is 19.3 Å². The third-order valence-electron chi connectivity index (χ3n) is 20.9. The van der Waals surface area contributed by atoms with Gasteiger partial charge in [0, 0.05) is 145 Å². The highest BCUT2D eigenvalue weighted by atomic mass is 16.6. The van der Waals surface area contributed by atoms with Crippen LogP contribution in [0.25, 0.3) is 20.9 Å². The summed E-state index contributed by atoms with van der Waals surface area (Å²) < 4.78 is 22.2. The van der Waals surface area contributed by atoms with E-state index in [0.717, 1.165) is 89.0 Å². The van der Waals surface area contributed by atoms with Gasteiger partial charge in [0.1, 0.15) is 34.0 Å². The van der Waals surface area contributed by atoms with Gasteiger partial charge in [0.15, 0.2) is 0 Å². The van der Waals surface area contributed by atoms with Crippen molar-refractivity contribution in [1.82, 2.24) is 24.9 Å². The number of fused-ring (bicyclic) bond motifs is 5. The molecule has 0 spiro atoms. The van der Waals surface area contributed by atoms with Crippen LogP contribution in [0, 0.1) is 29.6 Å². The molecule has 5 heterocycles. The third kappa shape index (κ3) is 51.3. The first-order chi connectivity index (χ1) is 54.4. The van der Waals surface area contributed by atoms with Crippen molar-refractivity contribution >= 4 is 78.0 Å². The first-order valence-corrected chi connectivity index (χ1v) is 46.5. The Morgan fingerprint density at radius 2 is 0.613 bits per heavy atom. The Morgan fingerprint density at radius 3 is 0.908 bits per heavy atom. The van der Waals surface area contributed by atoms with Crippen LogP contribution in [0.15, 0.2) is 10.2 Å². The van der Waals surface area contributed by atoms with Gasteiger partial charge >= 0.3 is 24.4 Å². The minimum Gasteiger partial charge on any atom is -0.444 e. The van der Waals surface area contributed by atoms with E-state index < -0.39 is 22.4 Å². The lowest BCUT2D eigenvalue weighted by Crippen LogP contribution is -2.46. The van der Waals surface area contributed by atoms with Crippen molar-refractivity contribution in [3.05, 3.63) is 20.9 Å². The van der Waals surface area contributed by atoms with Crippen molar-refractivity contribution in [3.8, 4) is 0 Å². The van der Waals surface area contributed by atoms with Gasteiger partial charge in [0.2, 0.25) is 0 Å². The average Bonchev–Trinajstić information content (AvgIpc) is 1.67. The lowest BCUT2D eigenvalue weighted by molar-refractivity contribution is -0.119. The highest BCUT2D eigenvalue weighted by molar-refractivity contribution is 5.80. The van der Waals surface area contributed by atoms with Crippen molar-refractivity contribution in [1.29, 1.82) is 0 Å². The molecule has 689 valence electrons. The zero-order valence-electron chi connectivity index (χ0n) is 82.8. The predicted octanol–water partition coefficient (Wildman–Crippen LogP) is 23.8. The van der Waals surface area contributed by atoms with Gasteiger partial charge in [-0.25, -0.2) is 19.2 Å². The van der Waals surface area contributed by atoms with Crippen LogP contribution < -0.4 is 5.32 Å². The van der Waals surface area contributed by atoms with Crippen LogP contribution in [-0.2, 0) is 28.5 Å². The minimum absolute atomic E-state index is 0. The van der Waals surface area contributed by atoms with E-state index in [4.69, 9.17) is 35.1 Å². The Labute approximate surface area is 741 Å². The molecule has 0 aromatic carbocycles. The molecule has 5 saturated carbocycles. The molecule has 5 saturated heterocycles. The van der Waals surface area contributed by atoms with Crippen molar-refractivity contribution in [2.75, 3.05) is 26.3 Å². The molecule has 10 aliphatic rings. The summed E-state index contributed by atoms with van der Waals surface area (Å²) in [5.41, 5.74) is 15.1. The number of likely N-dealkylation sites (tertiary alicyclic amines) is 4. The number of amides is 4. The number of aliphatic hydroxyl groups excluding tert-OH is 2. The number of aliphatic hydroxyl groups is 2. The molecule has 5 aliphatic heterocycles. The Morgan fingerprint density at radius 1 is 0.361 bits per heavy atom. The average molecular weight is 1680 g/mol. The zero-order chi connectivity index (χ0) is 89.1. The fourth-order valence-corrected chi connectivity index (χ4v) is 16.9. The fourth-order valence-electron chi connectivity index (χ4n) is 16.9. The lowest BCUT2D eigenvalue weighted by Gasteiger charge is -2.33. The second-order valence-corrected chi connectivity index (χ2v) is 32.6. The van der Waals surface area contributed by atoms with E-state index in [1.807, 2.05) is 236 Å². The number of azide groups is 2. The second kappa shape index (κ2) is 76.9. The number of hydrogen-bond acceptors (Lipinski definition) is 15. The molecule has 5 aliphatic carbocycles. The molecule has 5 unspecified atom stereocenters. The van der Waals surface area contributed by atoms with Crippen LogP contribution in [0.1, 0.15) is 415 Å². The molecule has 4 amide bonds. The first-order valence-electron chi connectivity index (χ1n) is 46.5. The van der Waals surface area contributed by atoms with Crippen molar-refractivity contribution in [2.45, 2.75) is 498 Å². The summed E-state index contributed by atoms with van der Waals surface area (Å²) in [6, 6.07) is 1.94. The zero-order valence-corrected chi connectivity index (χ0v) is 82.8. The topological polar surface area (TPSA) is 302 Å². The van der Waals surface area contributed by atoms with Crippen LogP contribution in [0.3, 0.4) is 0 Å². The molecule has 0 aromatic rings. The third-order valence-corrected chi connectivity index (χ3v) is 20.9. The van der Waals surface area contributed by atoms with Crippen LogP contribution in [0.4, 0.5) is 19.2 Å². The molecule has 10 rings (SSSR count). The monoisotopic (exact) mass is 1680 g/mol. The van der Waals surface area contributed by atoms with Gasteiger partial charge in [-0.1, -0.05) is 213 Å². The Balaban J connectivity index is -0.000000147. The van der Waals surface area contributed by atoms with Gasteiger partial charge in [-0.05, 0) is 226 Å². The maximum Gasteiger partial charge on any atom is 0.410 e. The Kier molecular flexibility index (Phi) is 87.1. The van der Waals surface area contributed by atoms with Gasteiger partial charge in [-0.2, -0.15) is 0 Å². The molecule has 15 atom stereocenters. The van der Waals surface area contributed by atoms with Crippen LogP contribution >= 0.6 is 0 Å². The standard InChI is InChI=1S/C16H27NO3.C15H24N4O3.C15H26N4O2.C15H27NO3.C10H19NO.10C2H6.5B/c1-5-12-10-11-6-7-13(18)8-9-14(11)17(12)15(19)20-16(2,3)4;1-15(2,3)22-14(21)19-11(9-17-18-16)8-10-4-5-12(20)6-7-13(10)19;1-15(2,3)21-14(20)19-12(10-17-18-16)9-11-7-5-4-6-8-13(11)19;1-15(2,3)19-14(18)16-12(10-17)9-11-7-5-4-6-8-13(11)16;12-7-9-6-8-4-2-1-3-5-10(8)11-9;10*1-2;;;;;/h11-12,14H,5-10H2,1-4H3;10-11,13H,4-9H2,1-3H3;11-13H,4-10H2,1-3H3;11-13,17H,4-10H2,1-3H3;8-12H,1-7H2;10*1-2H3;;;;;/t11-,12?,14+;10-,11?,13+;2*11-,12?,13+;8-,9?,10+;;;;;;;;;;;;;;;/m00000.............../s1. The predicted molar refractivity (Wildman–Crippen MR) is 505 cm³/mol. The van der Waals surface area contributed by atoms with E-state index in [2.05, 4.69) is 32.3 Å². The molecular formula is C91H183B5N11O12. The summed E-state index contributed by atoms with van der Waals surface area (Å²) in [5, 5.41) is 29.4. The summed E-state index contributed by atoms with van der Waals surface area (Å²) in [7, 11) is 0. The SMILES string of the molecule is CC.CC.CC.CC.CC.CC.CC.CC.CC.CC.CC(C)(C)OC(=O)N1C(CN=[N+]=[N-])C[C@@H]2CCC(=O)CC[C@H]21.CC(C)(C)OC(=O)N1C(CN=[N+]=[N-])C[C@@H]2CCCCC[C@H]21.CC(C)(C)OC(=O)N1C(CO)C[C@@H]2CCCCC[C@H]21.CCC1C[C@@H]2CCC(=O)CC[C@H]2N1C(=O)OC(C)(C)C.OCC1C[C@@H]2CCCCC[C@H]2N1.[B].[B].[B].[B].[B]. The van der Waals surface area contributed by atoms with E-state index in [1.165, 1.54) is 77.0 Å². The summed E-state index contributed by atoms with van der Waals surface area (Å²) in [5.74, 6) is 3.31. The van der Waals surface area contributed by atoms with Crippen LogP contribution in [0.5, 0.6) is 0 Å². The van der Waals surface area contributed by atoms with Gasteiger partial charge in [-0.3, -0.25) is 14.5 Å². The summed E-state index contributed by atoms with van der Waals surface area (Å²) in [6.07, 6.45) is 29.0. The quantitative estimate of drug-likeness (QED) is 0.0703. The molecule has 0 bridgehead atoms. The number of Topliss-reactive ketones (excluding diaryl/α,β-unsaturated/α-hetero) is 2. The van der Waals surface area contributed by atoms with Crippen molar-refractivity contribution < 1.29 is 57.9 Å². The molecule has 23 nitrogen and oxygen atoms in total. The molecule has 3 N–H and O–H groups in total. The highest BCUT2D eigenvalue weighted by Crippen LogP contribution is 2.44. The van der Waals surface area contributed by atoms with E-state index in [1.54, 1.807) is 4.90 Å². The molecule has 119 heavy (non-hydrogen) atoms. The number of rotatable bonds is 7. The van der Waals surface area contributed by atoms with E-state index >= 15 is 0 Å². The van der Waals surface area contributed by atoms with Crippen molar-refractivity contribution in [2.24, 2.45) is 39.8 Å². The first kappa shape index (κ1) is 135. The van der Waals surface area contributed by atoms with Crippen molar-refractivity contribution in [3.63, 3.8) is 0 Å². The highest BCUT2D eigenvalue weighted by Gasteiger charge is 2.50. The fraction of sp³-hybridized carbons (Fsp3) is 0.934. The van der Waals surface area contributed by atoms with Crippen LogP contribution in [-0.4, -0.2) is 217 Å². The number of nitrogens with zero attached hydrogens (tertiary/aromatic N) is 10. The van der Waals surface area contributed by atoms with Gasteiger partial charge < -0.3 is 49.2 Å². The largest absolute Gasteiger partial charge is 0.444 e. The Hall–Kier alpha value is -4.76. The molecular weight excluding hydrogens is 1490 g/mol. The summed E-state index contributed by atoms with van der Waals surface area (Å²) in [6.45, 7) is 65.6. The molecule has 28 heteroatoms. The van der Waals surface area contributed by atoms with E-state index in [0.29, 0.717) is 74.8 Å². The summed E-state index contributed by atoms with van der Waals surface area (Å²) >= 11 is 0. The minimum atomic E-state index is -0.571. The molecule has 15 radical (unpaired) electrons. The number of carbonyl (C=O) groups is 6. The maximum atomic E-state index is 12.6. The lowest BCUT2D eigenvalue weighted by atomic mass is 9.94. The molecule has 10 fully saturated rings. The number of nitrogens with one attached hydrogen (secondary N) is 1. The smallest absolute Gasteiger partial charge is 0.410 e.